The van der Waals surface area contributed by atoms with Gasteiger partial charge in [0.15, 0.2) is 0 Å². The molecular weight excluding hydrogens is 194 g/mol. The first-order valence-corrected chi connectivity index (χ1v) is 5.64. The van der Waals surface area contributed by atoms with Gasteiger partial charge in [-0.3, -0.25) is 9.59 Å². The summed E-state index contributed by atoms with van der Waals surface area (Å²) in [6.07, 6.45) is 5.29. The van der Waals surface area contributed by atoms with Crippen molar-refractivity contribution < 1.29 is 14.3 Å². The summed E-state index contributed by atoms with van der Waals surface area (Å²) in [5, 5.41) is 0. The highest BCUT2D eigenvalue weighted by Crippen LogP contribution is 2.19. The van der Waals surface area contributed by atoms with Crippen molar-refractivity contribution in [2.45, 2.75) is 45.1 Å². The molecule has 1 fully saturated rings. The lowest BCUT2D eigenvalue weighted by molar-refractivity contribution is -0.144. The van der Waals surface area contributed by atoms with Gasteiger partial charge in [-0.15, -0.1) is 0 Å². The van der Waals surface area contributed by atoms with Crippen LogP contribution in [0.3, 0.4) is 0 Å². The number of hydrogen-bond donors (Lipinski definition) is 0. The maximum absolute atomic E-state index is 11.2. The number of ether oxygens (including phenoxy) is 1. The smallest absolute Gasteiger partial charge is 0.305 e. The molecule has 0 radical (unpaired) electrons. The molecule has 1 aliphatic heterocycles. The summed E-state index contributed by atoms with van der Waals surface area (Å²) in [4.78, 5) is 23.7. The zero-order valence-corrected chi connectivity index (χ0v) is 9.28. The molecule has 4 nitrogen and oxygen atoms in total. The molecule has 0 aromatic rings. The third-order valence-corrected chi connectivity index (χ3v) is 2.80. The number of likely N-dealkylation sites (tertiary alicyclic amines) is 1. The van der Waals surface area contributed by atoms with Gasteiger partial charge < -0.3 is 9.64 Å². The molecule has 1 amide bonds. The number of esters is 1. The molecule has 0 saturated carbocycles. The fraction of sp³-hybridized carbons (Fsp3) is 0.818. The fourth-order valence-corrected chi connectivity index (χ4v) is 1.99. The minimum Gasteiger partial charge on any atom is -0.466 e. The lowest BCUT2D eigenvalue weighted by atomic mass is 9.99. The Morgan fingerprint density at radius 2 is 2.33 bits per heavy atom. The van der Waals surface area contributed by atoms with E-state index in [0.29, 0.717) is 13.0 Å². The van der Waals surface area contributed by atoms with E-state index in [9.17, 15) is 9.59 Å². The van der Waals surface area contributed by atoms with Crippen LogP contribution in [-0.2, 0) is 14.3 Å². The second-order valence-electron chi connectivity index (χ2n) is 3.84. The number of amides is 1. The van der Waals surface area contributed by atoms with Gasteiger partial charge in [0.2, 0.25) is 6.41 Å². The fourth-order valence-electron chi connectivity index (χ4n) is 1.99. The number of carbonyl (C=O) groups excluding carboxylic acids is 2. The van der Waals surface area contributed by atoms with Crippen LogP contribution in [-0.4, -0.2) is 36.5 Å². The molecule has 86 valence electrons. The van der Waals surface area contributed by atoms with Crippen LogP contribution in [0.5, 0.6) is 0 Å². The molecule has 1 saturated heterocycles. The van der Waals surface area contributed by atoms with Crippen LogP contribution in [0.25, 0.3) is 0 Å². The van der Waals surface area contributed by atoms with E-state index in [-0.39, 0.29) is 12.0 Å². The normalized spacial score (nSPS) is 21.1. The van der Waals surface area contributed by atoms with Gasteiger partial charge in [0.1, 0.15) is 0 Å². The minimum absolute atomic E-state index is 0.158. The highest BCUT2D eigenvalue weighted by Gasteiger charge is 2.21. The largest absolute Gasteiger partial charge is 0.466 e. The van der Waals surface area contributed by atoms with Crippen molar-refractivity contribution in [3.05, 3.63) is 0 Å². The van der Waals surface area contributed by atoms with Crippen LogP contribution in [0.1, 0.15) is 39.0 Å². The van der Waals surface area contributed by atoms with E-state index in [1.807, 2.05) is 4.90 Å². The van der Waals surface area contributed by atoms with E-state index < -0.39 is 0 Å². The van der Waals surface area contributed by atoms with Gasteiger partial charge in [-0.2, -0.15) is 0 Å². The highest BCUT2D eigenvalue weighted by molar-refractivity contribution is 5.69. The lowest BCUT2D eigenvalue weighted by Gasteiger charge is -2.32. The first-order chi connectivity index (χ1) is 7.27. The molecule has 0 spiro atoms. The van der Waals surface area contributed by atoms with Crippen molar-refractivity contribution in [3.8, 4) is 0 Å². The topological polar surface area (TPSA) is 46.6 Å². The van der Waals surface area contributed by atoms with Crippen molar-refractivity contribution in [1.29, 1.82) is 0 Å². The summed E-state index contributed by atoms with van der Waals surface area (Å²) in [6, 6.07) is 0.237. The van der Waals surface area contributed by atoms with E-state index >= 15 is 0 Å². The summed E-state index contributed by atoms with van der Waals surface area (Å²) in [5.41, 5.74) is 0. The number of rotatable bonds is 5. The molecule has 1 aliphatic rings. The lowest BCUT2D eigenvalue weighted by Crippen LogP contribution is -2.38. The van der Waals surface area contributed by atoms with Crippen molar-refractivity contribution in [2.75, 3.05) is 13.2 Å². The number of carbonyl (C=O) groups is 2. The van der Waals surface area contributed by atoms with Gasteiger partial charge in [-0.05, 0) is 32.6 Å². The Kier molecular flexibility index (Phi) is 5.15. The molecule has 1 unspecified atom stereocenters. The van der Waals surface area contributed by atoms with E-state index in [4.69, 9.17) is 4.74 Å². The maximum Gasteiger partial charge on any atom is 0.305 e. The maximum atomic E-state index is 11.2. The van der Waals surface area contributed by atoms with E-state index in [2.05, 4.69) is 0 Å². The molecule has 1 heterocycles. The Bertz CT molecular complexity index is 218. The Morgan fingerprint density at radius 3 is 3.00 bits per heavy atom. The molecule has 1 rings (SSSR count). The molecule has 0 aliphatic carbocycles. The summed E-state index contributed by atoms with van der Waals surface area (Å²) in [5.74, 6) is -0.158. The third-order valence-electron chi connectivity index (χ3n) is 2.80. The second kappa shape index (κ2) is 6.43. The Labute approximate surface area is 90.6 Å². The summed E-state index contributed by atoms with van der Waals surface area (Å²) >= 11 is 0. The number of piperidine rings is 1. The van der Waals surface area contributed by atoms with Crippen molar-refractivity contribution in [2.24, 2.45) is 0 Å². The average Bonchev–Trinajstić information content (AvgIpc) is 2.27. The molecule has 15 heavy (non-hydrogen) atoms. The zero-order valence-electron chi connectivity index (χ0n) is 9.28. The summed E-state index contributed by atoms with van der Waals surface area (Å²) in [7, 11) is 0. The monoisotopic (exact) mass is 213 g/mol. The SMILES string of the molecule is CCOC(=O)CCC1CCCCN1C=O. The molecule has 0 bridgehead atoms. The Hall–Kier alpha value is -1.06. The molecule has 0 N–H and O–H groups in total. The van der Waals surface area contributed by atoms with Crippen LogP contribution < -0.4 is 0 Å². The van der Waals surface area contributed by atoms with Crippen LogP contribution in [0.2, 0.25) is 0 Å². The molecule has 4 heteroatoms. The van der Waals surface area contributed by atoms with Crippen LogP contribution >= 0.6 is 0 Å². The number of hydrogen-bond acceptors (Lipinski definition) is 3. The van der Waals surface area contributed by atoms with Crippen molar-refractivity contribution in [3.63, 3.8) is 0 Å². The highest BCUT2D eigenvalue weighted by atomic mass is 16.5. The first-order valence-electron chi connectivity index (χ1n) is 5.64. The van der Waals surface area contributed by atoms with Gasteiger partial charge in [0.25, 0.3) is 0 Å². The predicted octanol–water partition coefficient (Wildman–Crippen LogP) is 1.34. The van der Waals surface area contributed by atoms with Crippen LogP contribution in [0.15, 0.2) is 0 Å². The molecular formula is C11H19NO3. The zero-order chi connectivity index (χ0) is 11.1. The van der Waals surface area contributed by atoms with Gasteiger partial charge in [0, 0.05) is 19.0 Å². The van der Waals surface area contributed by atoms with E-state index in [0.717, 1.165) is 38.6 Å². The van der Waals surface area contributed by atoms with Crippen molar-refractivity contribution >= 4 is 12.4 Å². The Balaban J connectivity index is 2.29. The van der Waals surface area contributed by atoms with Crippen molar-refractivity contribution in [1.82, 2.24) is 4.90 Å². The van der Waals surface area contributed by atoms with Gasteiger partial charge in [-0.25, -0.2) is 0 Å². The standard InChI is InChI=1S/C11H19NO3/c1-2-15-11(14)7-6-10-5-3-4-8-12(10)9-13/h9-10H,2-8H2,1H3. The van der Waals surface area contributed by atoms with Gasteiger partial charge >= 0.3 is 5.97 Å². The number of nitrogens with zero attached hydrogens (tertiary/aromatic N) is 1. The molecule has 1 atom stereocenters. The summed E-state index contributed by atoms with van der Waals surface area (Å²) < 4.78 is 4.86. The Morgan fingerprint density at radius 1 is 1.53 bits per heavy atom. The summed E-state index contributed by atoms with van der Waals surface area (Å²) in [6.45, 7) is 3.06. The van der Waals surface area contributed by atoms with Crippen LogP contribution in [0, 0.1) is 0 Å². The van der Waals surface area contributed by atoms with Gasteiger partial charge in [0.05, 0.1) is 6.61 Å². The third kappa shape index (κ3) is 3.90. The second-order valence-corrected chi connectivity index (χ2v) is 3.84. The molecule has 0 aromatic carbocycles. The predicted molar refractivity (Wildman–Crippen MR) is 56.3 cm³/mol. The van der Waals surface area contributed by atoms with E-state index in [1.165, 1.54) is 0 Å². The molecule has 0 aromatic heterocycles. The minimum atomic E-state index is -0.158. The van der Waals surface area contributed by atoms with Crippen LogP contribution in [0.4, 0.5) is 0 Å². The average molecular weight is 213 g/mol. The van der Waals surface area contributed by atoms with E-state index in [1.54, 1.807) is 6.92 Å². The van der Waals surface area contributed by atoms with Gasteiger partial charge in [-0.1, -0.05) is 0 Å². The quantitative estimate of drug-likeness (QED) is 0.511. The first kappa shape index (κ1) is 12.0.